The van der Waals surface area contributed by atoms with E-state index in [1.165, 1.54) is 31.4 Å². The molecule has 2 aliphatic carbocycles. The molecule has 0 saturated heterocycles. The maximum Gasteiger partial charge on any atom is 0.0823 e. The van der Waals surface area contributed by atoms with Crippen LogP contribution in [0.25, 0.3) is 0 Å². The molecule has 76 valence electrons. The van der Waals surface area contributed by atoms with E-state index < -0.39 is 0 Å². The van der Waals surface area contributed by atoms with Crippen molar-refractivity contribution in [3.8, 4) is 0 Å². The number of nitrogens with two attached hydrogens (primary N) is 1. The lowest BCUT2D eigenvalue weighted by Gasteiger charge is -2.04. The van der Waals surface area contributed by atoms with E-state index in [0.717, 1.165) is 24.5 Å². The predicted molar refractivity (Wildman–Crippen MR) is 54.9 cm³/mol. The van der Waals surface area contributed by atoms with Gasteiger partial charge < -0.3 is 5.73 Å². The van der Waals surface area contributed by atoms with Crippen LogP contribution in [-0.2, 0) is 5.54 Å². The van der Waals surface area contributed by atoms with Gasteiger partial charge in [0, 0.05) is 11.6 Å². The molecule has 2 saturated carbocycles. The van der Waals surface area contributed by atoms with E-state index in [1.807, 2.05) is 0 Å². The lowest BCUT2D eigenvalue weighted by Crippen LogP contribution is -2.18. The summed E-state index contributed by atoms with van der Waals surface area (Å²) in [5.74, 6) is 0.721. The number of nitrogens with zero attached hydrogens (tertiary/aromatic N) is 1. The quantitative estimate of drug-likeness (QED) is 0.751. The molecular weight excluding hydrogens is 174 g/mol. The minimum atomic E-state index is -0.0760. The highest BCUT2D eigenvalue weighted by molar-refractivity contribution is 5.25. The van der Waals surface area contributed by atoms with Gasteiger partial charge in [0.1, 0.15) is 0 Å². The van der Waals surface area contributed by atoms with Gasteiger partial charge in [0.25, 0.3) is 0 Å². The fourth-order valence-electron chi connectivity index (χ4n) is 2.43. The molecule has 0 aromatic carbocycles. The zero-order valence-electron chi connectivity index (χ0n) is 8.42. The summed E-state index contributed by atoms with van der Waals surface area (Å²) in [5, 5.41) is 7.51. The Balaban J connectivity index is 1.82. The van der Waals surface area contributed by atoms with Gasteiger partial charge in [0.05, 0.1) is 11.2 Å². The molecule has 3 heteroatoms. The van der Waals surface area contributed by atoms with E-state index in [1.54, 1.807) is 0 Å². The summed E-state index contributed by atoms with van der Waals surface area (Å²) in [5.41, 5.74) is 8.42. The first-order chi connectivity index (χ1) is 6.78. The number of hydrogen-bond donors (Lipinski definition) is 2. The molecule has 3 N–H and O–H groups in total. The van der Waals surface area contributed by atoms with Crippen LogP contribution in [0.2, 0.25) is 0 Å². The maximum atomic E-state index is 6.10. The van der Waals surface area contributed by atoms with E-state index in [9.17, 15) is 0 Å². The smallest absolute Gasteiger partial charge is 0.0823 e. The van der Waals surface area contributed by atoms with Crippen molar-refractivity contribution < 1.29 is 0 Å². The first-order valence-electron chi connectivity index (χ1n) is 5.63. The molecule has 0 radical (unpaired) electrons. The largest absolute Gasteiger partial charge is 0.320 e. The Labute approximate surface area is 84.1 Å². The molecule has 0 unspecified atom stereocenters. The molecule has 0 spiro atoms. The Morgan fingerprint density at radius 2 is 2.07 bits per heavy atom. The van der Waals surface area contributed by atoms with Crippen LogP contribution in [0.5, 0.6) is 0 Å². The molecule has 0 amide bonds. The highest BCUT2D eigenvalue weighted by Gasteiger charge is 2.42. The van der Waals surface area contributed by atoms with Gasteiger partial charge >= 0.3 is 0 Å². The van der Waals surface area contributed by atoms with Crippen molar-refractivity contribution in [1.29, 1.82) is 0 Å². The van der Waals surface area contributed by atoms with Crippen molar-refractivity contribution >= 4 is 0 Å². The second-order valence-corrected chi connectivity index (χ2v) is 4.85. The number of hydrogen-bond acceptors (Lipinski definition) is 2. The predicted octanol–water partition coefficient (Wildman–Crippen LogP) is 2.02. The zero-order chi connectivity index (χ0) is 9.60. The third-order valence-electron chi connectivity index (χ3n) is 3.69. The van der Waals surface area contributed by atoms with E-state index in [4.69, 9.17) is 5.73 Å². The van der Waals surface area contributed by atoms with Gasteiger partial charge in [0.15, 0.2) is 0 Å². The Hall–Kier alpha value is -0.830. The van der Waals surface area contributed by atoms with E-state index >= 15 is 0 Å². The summed E-state index contributed by atoms with van der Waals surface area (Å²) in [6.07, 6.45) is 7.57. The fourth-order valence-corrected chi connectivity index (χ4v) is 2.43. The van der Waals surface area contributed by atoms with Crippen LogP contribution in [0.15, 0.2) is 6.07 Å². The minimum absolute atomic E-state index is 0.0760. The number of aromatic nitrogens is 2. The summed E-state index contributed by atoms with van der Waals surface area (Å²) in [6.45, 7) is 0. The number of nitrogens with one attached hydrogen (secondary N) is 1. The van der Waals surface area contributed by atoms with Crippen molar-refractivity contribution in [3.05, 3.63) is 17.5 Å². The molecule has 3 rings (SSSR count). The van der Waals surface area contributed by atoms with Crippen LogP contribution < -0.4 is 5.73 Å². The summed E-state index contributed by atoms with van der Waals surface area (Å²) in [6, 6.07) is 2.20. The SMILES string of the molecule is NC1(c2cc(C3CCCC3)[nH]n2)CC1. The monoisotopic (exact) mass is 191 g/mol. The van der Waals surface area contributed by atoms with E-state index in [-0.39, 0.29) is 5.54 Å². The molecule has 0 bridgehead atoms. The standard InChI is InChI=1S/C11H17N3/c12-11(5-6-11)10-7-9(13-14-10)8-3-1-2-4-8/h7-8H,1-6,12H2,(H,13,14). The number of rotatable bonds is 2. The first-order valence-corrected chi connectivity index (χ1v) is 5.63. The second kappa shape index (κ2) is 2.83. The van der Waals surface area contributed by atoms with Crippen molar-refractivity contribution in [3.63, 3.8) is 0 Å². The normalized spacial score (nSPS) is 25.5. The van der Waals surface area contributed by atoms with Gasteiger partial charge in [-0.2, -0.15) is 5.10 Å². The molecular formula is C11H17N3. The zero-order valence-corrected chi connectivity index (χ0v) is 8.42. The lowest BCUT2D eigenvalue weighted by atomic mass is 10.0. The van der Waals surface area contributed by atoms with Crippen molar-refractivity contribution in [2.45, 2.75) is 50.0 Å². The van der Waals surface area contributed by atoms with Crippen molar-refractivity contribution in [2.24, 2.45) is 5.73 Å². The number of aromatic amines is 1. The minimum Gasteiger partial charge on any atom is -0.320 e. The molecule has 0 aliphatic heterocycles. The molecule has 1 heterocycles. The van der Waals surface area contributed by atoms with E-state index in [0.29, 0.717) is 0 Å². The Morgan fingerprint density at radius 1 is 1.36 bits per heavy atom. The number of H-pyrrole nitrogens is 1. The third-order valence-corrected chi connectivity index (χ3v) is 3.69. The fraction of sp³-hybridized carbons (Fsp3) is 0.727. The van der Waals surface area contributed by atoms with Gasteiger partial charge in [-0.15, -0.1) is 0 Å². The van der Waals surface area contributed by atoms with Crippen LogP contribution in [0.3, 0.4) is 0 Å². The summed E-state index contributed by atoms with van der Waals surface area (Å²) in [4.78, 5) is 0. The first kappa shape index (κ1) is 8.48. The van der Waals surface area contributed by atoms with Crippen molar-refractivity contribution in [2.75, 3.05) is 0 Å². The maximum absolute atomic E-state index is 6.10. The third kappa shape index (κ3) is 1.27. The van der Waals surface area contributed by atoms with Crippen molar-refractivity contribution in [1.82, 2.24) is 10.2 Å². The van der Waals surface area contributed by atoms with Gasteiger partial charge in [-0.1, -0.05) is 12.8 Å². The van der Waals surface area contributed by atoms with Crippen LogP contribution in [0.1, 0.15) is 55.8 Å². The van der Waals surface area contributed by atoms with Crippen LogP contribution in [0, 0.1) is 0 Å². The highest BCUT2D eigenvalue weighted by atomic mass is 15.1. The van der Waals surface area contributed by atoms with Crippen LogP contribution in [-0.4, -0.2) is 10.2 Å². The Morgan fingerprint density at radius 3 is 2.71 bits per heavy atom. The average Bonchev–Trinajstić information content (AvgIpc) is 2.73. The van der Waals surface area contributed by atoms with Gasteiger partial charge in [-0.25, -0.2) is 0 Å². The second-order valence-electron chi connectivity index (χ2n) is 4.85. The summed E-state index contributed by atoms with van der Waals surface area (Å²) < 4.78 is 0. The van der Waals surface area contributed by atoms with Crippen LogP contribution >= 0.6 is 0 Å². The van der Waals surface area contributed by atoms with Crippen LogP contribution in [0.4, 0.5) is 0 Å². The molecule has 1 aromatic rings. The average molecular weight is 191 g/mol. The summed E-state index contributed by atoms with van der Waals surface area (Å²) in [7, 11) is 0. The van der Waals surface area contributed by atoms with Gasteiger partial charge in [0.2, 0.25) is 0 Å². The van der Waals surface area contributed by atoms with E-state index in [2.05, 4.69) is 16.3 Å². The van der Waals surface area contributed by atoms with Gasteiger partial charge in [-0.3, -0.25) is 5.10 Å². The Bertz CT molecular complexity index is 332. The highest BCUT2D eigenvalue weighted by Crippen LogP contribution is 2.43. The Kier molecular flexibility index (Phi) is 1.71. The molecule has 14 heavy (non-hydrogen) atoms. The lowest BCUT2D eigenvalue weighted by molar-refractivity contribution is 0.687. The van der Waals surface area contributed by atoms with Gasteiger partial charge in [-0.05, 0) is 31.7 Å². The summed E-state index contributed by atoms with van der Waals surface area (Å²) >= 11 is 0. The topological polar surface area (TPSA) is 54.7 Å². The molecule has 2 fully saturated rings. The molecule has 1 aromatic heterocycles. The molecule has 2 aliphatic rings. The molecule has 3 nitrogen and oxygen atoms in total. The molecule has 0 atom stereocenters.